The zero-order chi connectivity index (χ0) is 27.8. The number of unbranched alkanes of at least 4 members (excludes halogenated alkanes) is 3. The molecule has 8 nitrogen and oxygen atoms in total. The summed E-state index contributed by atoms with van der Waals surface area (Å²) < 4.78 is 10.4. The molecule has 8 heteroatoms. The molecule has 0 aliphatic carbocycles. The number of piperidine rings is 1. The monoisotopic (exact) mass is 540 g/mol. The first kappa shape index (κ1) is 29.6. The average Bonchev–Trinajstić information content (AvgIpc) is 3.48. The highest BCUT2D eigenvalue weighted by molar-refractivity contribution is 6.05. The van der Waals surface area contributed by atoms with Crippen LogP contribution in [0.2, 0.25) is 0 Å². The van der Waals surface area contributed by atoms with Crippen LogP contribution >= 0.6 is 0 Å². The molecule has 2 unspecified atom stereocenters. The number of carbonyl (C=O) groups excluding carboxylic acids is 2. The summed E-state index contributed by atoms with van der Waals surface area (Å²) in [6.07, 6.45) is 9.02. The molecule has 0 aromatic heterocycles. The third-order valence-corrected chi connectivity index (χ3v) is 9.10. The molecule has 4 rings (SSSR count). The number of benzene rings is 1. The minimum absolute atomic E-state index is 0.101. The fraction of sp³-hybridized carbons (Fsp3) is 0.677. The number of nitrogens with two attached hydrogens (primary N) is 1. The van der Waals surface area contributed by atoms with Gasteiger partial charge in [-0.2, -0.15) is 0 Å². The lowest BCUT2D eigenvalue weighted by molar-refractivity contribution is -0.137. The van der Waals surface area contributed by atoms with Crippen molar-refractivity contribution >= 4 is 17.6 Å². The van der Waals surface area contributed by atoms with Gasteiger partial charge in [0.25, 0.3) is 0 Å². The minimum atomic E-state index is -0.303. The summed E-state index contributed by atoms with van der Waals surface area (Å²) in [5.74, 6) is 0.563. The van der Waals surface area contributed by atoms with Crippen LogP contribution in [-0.2, 0) is 19.1 Å². The molecule has 3 N–H and O–H groups in total. The Hall–Kier alpha value is -2.42. The number of carbonyl (C=O) groups is 2. The van der Waals surface area contributed by atoms with E-state index in [1.54, 1.807) is 13.4 Å². The molecule has 0 bridgehead atoms. The van der Waals surface area contributed by atoms with E-state index in [0.717, 1.165) is 70.5 Å². The van der Waals surface area contributed by atoms with Crippen LogP contribution in [0.3, 0.4) is 0 Å². The maximum atomic E-state index is 13.9. The molecule has 1 amide bonds. The second-order valence-corrected chi connectivity index (χ2v) is 11.4. The van der Waals surface area contributed by atoms with Gasteiger partial charge in [-0.05, 0) is 68.2 Å². The van der Waals surface area contributed by atoms with Crippen LogP contribution < -0.4 is 16.0 Å². The van der Waals surface area contributed by atoms with Gasteiger partial charge in [-0.25, -0.2) is 4.79 Å². The highest BCUT2D eigenvalue weighted by Gasteiger charge is 2.49. The Morgan fingerprint density at radius 2 is 1.90 bits per heavy atom. The number of esters is 1. The number of para-hydroxylation sites is 1. The van der Waals surface area contributed by atoms with Crippen molar-refractivity contribution in [2.45, 2.75) is 63.8 Å². The van der Waals surface area contributed by atoms with Crippen LogP contribution in [0.25, 0.3) is 0 Å². The van der Waals surface area contributed by atoms with Crippen molar-refractivity contribution in [2.24, 2.45) is 23.5 Å². The first-order valence-electron chi connectivity index (χ1n) is 14.9. The first-order chi connectivity index (χ1) is 19.0. The molecule has 0 saturated carbocycles. The van der Waals surface area contributed by atoms with Crippen LogP contribution in [-0.4, -0.2) is 76.3 Å². The number of anilines is 1. The van der Waals surface area contributed by atoms with Gasteiger partial charge >= 0.3 is 5.97 Å². The van der Waals surface area contributed by atoms with E-state index in [1.165, 1.54) is 25.5 Å². The highest BCUT2D eigenvalue weighted by atomic mass is 16.5. The number of hydrogen-bond acceptors (Lipinski definition) is 7. The molecule has 3 aliphatic rings. The molecule has 216 valence electrons. The second kappa shape index (κ2) is 14.3. The zero-order valence-electron chi connectivity index (χ0n) is 24.1. The highest BCUT2D eigenvalue weighted by Crippen LogP contribution is 2.48. The number of methoxy groups -OCH3 is 2. The van der Waals surface area contributed by atoms with Gasteiger partial charge in [0.05, 0.1) is 32.0 Å². The van der Waals surface area contributed by atoms with Crippen LogP contribution in [0, 0.1) is 17.8 Å². The molecule has 2 fully saturated rings. The van der Waals surface area contributed by atoms with Crippen molar-refractivity contribution < 1.29 is 19.1 Å². The van der Waals surface area contributed by atoms with Crippen molar-refractivity contribution in [2.75, 3.05) is 58.4 Å². The number of ether oxygens (including phenoxy) is 2. The van der Waals surface area contributed by atoms with E-state index >= 15 is 0 Å². The Bertz CT molecular complexity index is 999. The van der Waals surface area contributed by atoms with Gasteiger partial charge in [0.2, 0.25) is 5.91 Å². The Morgan fingerprint density at radius 3 is 2.64 bits per heavy atom. The normalized spacial score (nSPS) is 27.0. The van der Waals surface area contributed by atoms with Crippen molar-refractivity contribution in [1.82, 2.24) is 10.2 Å². The molecule has 0 radical (unpaired) electrons. The molecule has 0 spiro atoms. The molecule has 39 heavy (non-hydrogen) atoms. The Morgan fingerprint density at radius 1 is 1.10 bits per heavy atom. The average molecular weight is 541 g/mol. The van der Waals surface area contributed by atoms with E-state index < -0.39 is 0 Å². The van der Waals surface area contributed by atoms with Crippen molar-refractivity contribution in [3.05, 3.63) is 41.7 Å². The first-order valence-corrected chi connectivity index (χ1v) is 14.9. The number of hydrogen-bond donors (Lipinski definition) is 2. The Labute approximate surface area is 234 Å². The maximum Gasteiger partial charge on any atom is 0.337 e. The lowest BCUT2D eigenvalue weighted by Crippen LogP contribution is -2.45. The Kier molecular flexibility index (Phi) is 10.8. The van der Waals surface area contributed by atoms with Crippen molar-refractivity contribution in [1.29, 1.82) is 0 Å². The van der Waals surface area contributed by atoms with Crippen LogP contribution in [0.1, 0.15) is 63.4 Å². The van der Waals surface area contributed by atoms with Crippen molar-refractivity contribution in [3.8, 4) is 0 Å². The smallest absolute Gasteiger partial charge is 0.337 e. The lowest BCUT2D eigenvalue weighted by atomic mass is 9.76. The summed E-state index contributed by atoms with van der Waals surface area (Å²) in [6, 6.07) is 8.70. The third-order valence-electron chi connectivity index (χ3n) is 9.10. The van der Waals surface area contributed by atoms with E-state index in [-0.39, 0.29) is 29.6 Å². The number of fused-ring (bicyclic) bond motifs is 2. The topological polar surface area (TPSA) is 97.1 Å². The predicted molar refractivity (Wildman–Crippen MR) is 154 cm³/mol. The molecule has 1 aromatic carbocycles. The third kappa shape index (κ3) is 6.67. The summed E-state index contributed by atoms with van der Waals surface area (Å²) in [4.78, 5) is 31.0. The number of amides is 1. The zero-order valence-corrected chi connectivity index (χ0v) is 24.1. The summed E-state index contributed by atoms with van der Waals surface area (Å²) in [6.45, 7) is 7.28. The summed E-state index contributed by atoms with van der Waals surface area (Å²) in [7, 11) is 3.01. The summed E-state index contributed by atoms with van der Waals surface area (Å²) in [5.41, 5.74) is 8.46. The molecule has 3 aliphatic heterocycles. The molecular formula is C31H48N4O4. The fourth-order valence-corrected chi connectivity index (χ4v) is 7.14. The number of nitrogens with zero attached hydrogens (tertiary/aromatic N) is 2. The predicted octanol–water partition coefficient (Wildman–Crippen LogP) is 3.67. The van der Waals surface area contributed by atoms with E-state index in [9.17, 15) is 9.59 Å². The molecular weight excluding hydrogens is 492 g/mol. The molecule has 5 atom stereocenters. The largest absolute Gasteiger partial charge is 0.504 e. The van der Waals surface area contributed by atoms with Gasteiger partial charge in [-0.15, -0.1) is 0 Å². The molecule has 2 saturated heterocycles. The van der Waals surface area contributed by atoms with Crippen LogP contribution in [0.5, 0.6) is 0 Å². The number of nitrogens with one attached hydrogen (secondary N) is 1. The summed E-state index contributed by atoms with van der Waals surface area (Å²) in [5, 5.41) is 3.53. The fourth-order valence-electron chi connectivity index (χ4n) is 7.14. The van der Waals surface area contributed by atoms with Crippen molar-refractivity contribution in [3.63, 3.8) is 0 Å². The SMILES string of the molecule is CC[C@H]1CN2C[C@@H](C3C(=O)N(CCNCCCCCCN)c4ccccc43)CC2C[C@@H]1/C(=C\OC)C(=O)OC. The van der Waals surface area contributed by atoms with Gasteiger partial charge in [-0.1, -0.05) is 44.4 Å². The molecule has 1 aromatic rings. The molecule has 3 heterocycles. The standard InChI is InChI=1S/C31H48N4O4/c1-4-22-19-34-20-23(17-24(34)18-26(22)27(21-38-2)31(37)39-3)29-25-11-7-8-12-28(25)35(30(29)36)16-15-33-14-10-6-5-9-13-32/h7-8,11-12,21-24,26,29,33H,4-6,9-10,13-20,32H2,1-3H3/b27-21+/t22-,23-,24?,26-,29?/m0/s1. The summed E-state index contributed by atoms with van der Waals surface area (Å²) >= 11 is 0. The Balaban J connectivity index is 1.41. The van der Waals surface area contributed by atoms with E-state index in [1.807, 2.05) is 11.0 Å². The van der Waals surface area contributed by atoms with Crippen LogP contribution in [0.15, 0.2) is 36.1 Å². The van der Waals surface area contributed by atoms with Crippen LogP contribution in [0.4, 0.5) is 5.69 Å². The van der Waals surface area contributed by atoms with Gasteiger partial charge in [0, 0.05) is 37.9 Å². The van der Waals surface area contributed by atoms with Gasteiger partial charge < -0.3 is 25.4 Å². The van der Waals surface area contributed by atoms with Gasteiger partial charge in [0.15, 0.2) is 0 Å². The quantitative estimate of drug-likeness (QED) is 0.161. The second-order valence-electron chi connectivity index (χ2n) is 11.4. The van der Waals surface area contributed by atoms with E-state index in [4.69, 9.17) is 15.2 Å². The lowest BCUT2D eigenvalue weighted by Gasteiger charge is -2.41. The van der Waals surface area contributed by atoms with Gasteiger partial charge in [-0.3, -0.25) is 9.69 Å². The minimum Gasteiger partial charge on any atom is -0.504 e. The van der Waals surface area contributed by atoms with E-state index in [0.29, 0.717) is 24.1 Å². The number of rotatable bonds is 14. The van der Waals surface area contributed by atoms with E-state index in [2.05, 4.69) is 35.3 Å². The van der Waals surface area contributed by atoms with Gasteiger partial charge in [0.1, 0.15) is 0 Å². The maximum absolute atomic E-state index is 13.9.